The zero-order chi connectivity index (χ0) is 17.3. The van der Waals surface area contributed by atoms with E-state index in [1.807, 2.05) is 0 Å². The molecule has 6 heteroatoms. The maximum atomic E-state index is 12.3. The van der Waals surface area contributed by atoms with E-state index in [1.54, 1.807) is 30.3 Å². The Bertz CT molecular complexity index is 959. The van der Waals surface area contributed by atoms with Crippen LogP contribution in [-0.2, 0) is 4.79 Å². The summed E-state index contributed by atoms with van der Waals surface area (Å²) < 4.78 is 11.0. The lowest BCUT2D eigenvalue weighted by Gasteiger charge is -2.15. The second-order valence-corrected chi connectivity index (χ2v) is 5.66. The van der Waals surface area contributed by atoms with Gasteiger partial charge < -0.3 is 19.1 Å². The summed E-state index contributed by atoms with van der Waals surface area (Å²) >= 11 is 5.85. The van der Waals surface area contributed by atoms with E-state index in [1.165, 1.54) is 25.1 Å². The lowest BCUT2D eigenvalue weighted by atomic mass is 10.1. The van der Waals surface area contributed by atoms with Crippen LogP contribution in [0.1, 0.15) is 6.92 Å². The van der Waals surface area contributed by atoms with Crippen LogP contribution in [0.3, 0.4) is 0 Å². The van der Waals surface area contributed by atoms with Gasteiger partial charge in [0.25, 0.3) is 0 Å². The third-order valence-electron chi connectivity index (χ3n) is 3.47. The number of ether oxygens (including phenoxy) is 1. The van der Waals surface area contributed by atoms with E-state index in [0.29, 0.717) is 21.8 Å². The Balaban J connectivity index is 2.02. The average molecular weight is 344 g/mol. The molecule has 0 bridgehead atoms. The van der Waals surface area contributed by atoms with E-state index in [0.717, 1.165) is 5.56 Å². The molecular weight excluding hydrogens is 332 g/mol. The van der Waals surface area contributed by atoms with Crippen molar-refractivity contribution in [1.29, 1.82) is 0 Å². The molecular formula is C18H12ClO5-. The number of halogens is 1. The van der Waals surface area contributed by atoms with Crippen molar-refractivity contribution < 1.29 is 19.1 Å². The zero-order valence-corrected chi connectivity index (χ0v) is 13.4. The van der Waals surface area contributed by atoms with Gasteiger partial charge in [0.05, 0.1) is 11.4 Å². The summed E-state index contributed by atoms with van der Waals surface area (Å²) in [5.41, 5.74) is 0.845. The fraction of sp³-hybridized carbons (Fsp3) is 0.111. The SMILES string of the molecule is C[C@@H](Oc1ccc2oc(-c3ccc(Cl)cc3)cc(=O)c2c1)C(=O)[O-]. The van der Waals surface area contributed by atoms with Crippen LogP contribution in [0.4, 0.5) is 0 Å². The number of fused-ring (bicyclic) bond motifs is 1. The number of aliphatic carboxylic acids is 1. The molecule has 0 unspecified atom stereocenters. The molecule has 3 rings (SSSR count). The predicted molar refractivity (Wildman–Crippen MR) is 88.0 cm³/mol. The number of hydrogen-bond acceptors (Lipinski definition) is 5. The normalized spacial score (nSPS) is 12.1. The van der Waals surface area contributed by atoms with E-state index in [-0.39, 0.29) is 11.2 Å². The van der Waals surface area contributed by atoms with E-state index < -0.39 is 12.1 Å². The predicted octanol–water partition coefficient (Wildman–Crippen LogP) is 2.63. The van der Waals surface area contributed by atoms with Gasteiger partial charge >= 0.3 is 0 Å². The molecule has 5 nitrogen and oxygen atoms in total. The smallest absolute Gasteiger partial charge is 0.193 e. The van der Waals surface area contributed by atoms with Gasteiger partial charge in [0.2, 0.25) is 0 Å². The van der Waals surface area contributed by atoms with Crippen LogP contribution in [0.25, 0.3) is 22.3 Å². The molecule has 24 heavy (non-hydrogen) atoms. The van der Waals surface area contributed by atoms with Gasteiger partial charge in [-0.1, -0.05) is 11.6 Å². The Kier molecular flexibility index (Phi) is 4.27. The van der Waals surface area contributed by atoms with Crippen molar-refractivity contribution in [2.45, 2.75) is 13.0 Å². The average Bonchev–Trinajstić information content (AvgIpc) is 2.55. The van der Waals surface area contributed by atoms with Gasteiger partial charge in [-0.2, -0.15) is 0 Å². The summed E-state index contributed by atoms with van der Waals surface area (Å²) in [5, 5.41) is 11.6. The fourth-order valence-electron chi connectivity index (χ4n) is 2.22. The third kappa shape index (κ3) is 3.26. The molecule has 0 aliphatic heterocycles. The Morgan fingerprint density at radius 2 is 1.88 bits per heavy atom. The first-order valence-electron chi connectivity index (χ1n) is 7.15. The van der Waals surface area contributed by atoms with Crippen molar-refractivity contribution in [2.24, 2.45) is 0 Å². The largest absolute Gasteiger partial charge is 0.546 e. The molecule has 0 saturated carbocycles. The van der Waals surface area contributed by atoms with Gasteiger partial charge in [-0.3, -0.25) is 4.79 Å². The number of carbonyl (C=O) groups is 1. The van der Waals surface area contributed by atoms with Crippen LogP contribution in [-0.4, -0.2) is 12.1 Å². The number of benzene rings is 2. The van der Waals surface area contributed by atoms with Crippen molar-refractivity contribution >= 4 is 28.5 Å². The molecule has 0 N–H and O–H groups in total. The van der Waals surface area contributed by atoms with Crippen LogP contribution >= 0.6 is 11.6 Å². The van der Waals surface area contributed by atoms with Crippen molar-refractivity contribution in [1.82, 2.24) is 0 Å². The van der Waals surface area contributed by atoms with Crippen LogP contribution in [0.2, 0.25) is 5.02 Å². The van der Waals surface area contributed by atoms with Gasteiger partial charge in [0.15, 0.2) is 5.43 Å². The Labute approximate surface area is 142 Å². The van der Waals surface area contributed by atoms with Crippen molar-refractivity contribution in [3.05, 3.63) is 63.8 Å². The van der Waals surface area contributed by atoms with Crippen molar-refractivity contribution in [2.75, 3.05) is 0 Å². The summed E-state index contributed by atoms with van der Waals surface area (Å²) in [5.74, 6) is -0.660. The topological polar surface area (TPSA) is 79.6 Å². The number of rotatable bonds is 4. The third-order valence-corrected chi connectivity index (χ3v) is 3.72. The standard InChI is InChI=1S/C18H13ClO5/c1-10(18(21)22)23-13-6-7-16-14(8-13)15(20)9-17(24-16)11-2-4-12(19)5-3-11/h2-10H,1H3,(H,21,22)/p-1/t10-/m1/s1. The van der Waals surface area contributed by atoms with Gasteiger partial charge in [0.1, 0.15) is 23.2 Å². The summed E-state index contributed by atoms with van der Waals surface area (Å²) in [6.07, 6.45) is -1.12. The highest BCUT2D eigenvalue weighted by molar-refractivity contribution is 6.30. The minimum Gasteiger partial charge on any atom is -0.546 e. The highest BCUT2D eigenvalue weighted by Gasteiger charge is 2.10. The van der Waals surface area contributed by atoms with Crippen molar-refractivity contribution in [3.63, 3.8) is 0 Å². The monoisotopic (exact) mass is 343 g/mol. The molecule has 0 saturated heterocycles. The Morgan fingerprint density at radius 3 is 2.54 bits per heavy atom. The minimum atomic E-state index is -1.33. The second kappa shape index (κ2) is 6.37. The van der Waals surface area contributed by atoms with Crippen LogP contribution in [0, 0.1) is 0 Å². The summed E-state index contributed by atoms with van der Waals surface area (Å²) in [7, 11) is 0. The Hall–Kier alpha value is -2.79. The zero-order valence-electron chi connectivity index (χ0n) is 12.6. The highest BCUT2D eigenvalue weighted by atomic mass is 35.5. The van der Waals surface area contributed by atoms with Crippen LogP contribution < -0.4 is 15.3 Å². The molecule has 1 atom stereocenters. The molecule has 2 aromatic carbocycles. The molecule has 0 fully saturated rings. The van der Waals surface area contributed by atoms with Crippen LogP contribution in [0.5, 0.6) is 5.75 Å². The van der Waals surface area contributed by atoms with Gasteiger partial charge in [0, 0.05) is 16.7 Å². The molecule has 1 aromatic heterocycles. The summed E-state index contributed by atoms with van der Waals surface area (Å²) in [6.45, 7) is 1.35. The first-order chi connectivity index (χ1) is 11.4. The molecule has 0 aliphatic carbocycles. The molecule has 0 radical (unpaired) electrons. The number of carboxylic acid groups (broad SMARTS) is 1. The maximum Gasteiger partial charge on any atom is 0.193 e. The maximum absolute atomic E-state index is 12.3. The Morgan fingerprint density at radius 1 is 1.17 bits per heavy atom. The summed E-state index contributed by atoms with van der Waals surface area (Å²) in [4.78, 5) is 23.1. The van der Waals surface area contributed by atoms with E-state index in [4.69, 9.17) is 20.8 Å². The van der Waals surface area contributed by atoms with E-state index in [9.17, 15) is 14.7 Å². The van der Waals surface area contributed by atoms with Gasteiger partial charge in [-0.15, -0.1) is 0 Å². The first kappa shape index (κ1) is 16.1. The molecule has 0 amide bonds. The van der Waals surface area contributed by atoms with Crippen molar-refractivity contribution in [3.8, 4) is 17.1 Å². The fourth-order valence-corrected chi connectivity index (χ4v) is 2.34. The molecule has 0 aliphatic rings. The highest BCUT2D eigenvalue weighted by Crippen LogP contribution is 2.26. The number of carboxylic acids is 1. The first-order valence-corrected chi connectivity index (χ1v) is 7.53. The number of hydrogen-bond donors (Lipinski definition) is 0. The summed E-state index contributed by atoms with van der Waals surface area (Å²) in [6, 6.07) is 12.9. The quantitative estimate of drug-likeness (QED) is 0.727. The molecule has 0 spiro atoms. The van der Waals surface area contributed by atoms with E-state index in [2.05, 4.69) is 0 Å². The minimum absolute atomic E-state index is 0.255. The lowest BCUT2D eigenvalue weighted by Crippen LogP contribution is -2.37. The second-order valence-electron chi connectivity index (χ2n) is 5.22. The molecule has 3 aromatic rings. The van der Waals surface area contributed by atoms with Gasteiger partial charge in [-0.05, 0) is 49.4 Å². The lowest BCUT2D eigenvalue weighted by molar-refractivity contribution is -0.312. The number of carbonyl (C=O) groups excluding carboxylic acids is 1. The van der Waals surface area contributed by atoms with Crippen LogP contribution in [0.15, 0.2) is 57.7 Å². The van der Waals surface area contributed by atoms with Gasteiger partial charge in [-0.25, -0.2) is 0 Å². The van der Waals surface area contributed by atoms with E-state index >= 15 is 0 Å². The molecule has 122 valence electrons. The molecule has 1 heterocycles.